The molecule has 0 aromatic carbocycles. The molecular weight excluding hydrogens is 220 g/mol. The third-order valence-electron chi connectivity index (χ3n) is 2.37. The van der Waals surface area contributed by atoms with Crippen molar-refractivity contribution in [3.63, 3.8) is 0 Å². The highest BCUT2D eigenvalue weighted by molar-refractivity contribution is 7.09. The number of nitrogens with one attached hydrogen (secondary N) is 1. The van der Waals surface area contributed by atoms with Gasteiger partial charge in [-0.25, -0.2) is 0 Å². The number of nitrogens with zero attached hydrogens (tertiary/aromatic N) is 2. The van der Waals surface area contributed by atoms with Crippen molar-refractivity contribution in [1.29, 1.82) is 0 Å². The maximum atomic E-state index is 5.55. The molecule has 0 spiro atoms. The number of nitrogens with two attached hydrogens (primary N) is 1. The molecule has 0 saturated carbocycles. The molecule has 0 radical (unpaired) electrons. The molecule has 3 N–H and O–H groups in total. The summed E-state index contributed by atoms with van der Waals surface area (Å²) in [5.41, 5.74) is 5.87. The molecule has 2 aromatic rings. The summed E-state index contributed by atoms with van der Waals surface area (Å²) in [4.78, 5) is 9.39. The van der Waals surface area contributed by atoms with Crippen molar-refractivity contribution in [3.8, 4) is 0 Å². The Bertz CT molecular complexity index is 401. The molecule has 0 amide bonds. The minimum absolute atomic E-state index is 0.227. The molecule has 1 unspecified atom stereocenters. The van der Waals surface area contributed by atoms with Crippen molar-refractivity contribution in [2.45, 2.75) is 18.9 Å². The summed E-state index contributed by atoms with van der Waals surface area (Å²) < 4.78 is 0. The standard InChI is InChI=1S/C11H14N4S/c12-15-10(5-11-7-14-8-16-11)4-9-2-1-3-13-6-9/h1-3,6-8,10,15H,4-5,12H2. The third kappa shape index (κ3) is 3.10. The molecule has 4 nitrogen and oxygen atoms in total. The molecule has 0 fully saturated rings. The average molecular weight is 234 g/mol. The van der Waals surface area contributed by atoms with Gasteiger partial charge in [-0.3, -0.25) is 21.2 Å². The van der Waals surface area contributed by atoms with E-state index in [9.17, 15) is 0 Å². The van der Waals surface area contributed by atoms with Crippen LogP contribution in [0.15, 0.2) is 36.2 Å². The Morgan fingerprint density at radius 3 is 2.88 bits per heavy atom. The molecule has 0 bridgehead atoms. The predicted molar refractivity (Wildman–Crippen MR) is 64.9 cm³/mol. The van der Waals surface area contributed by atoms with Crippen molar-refractivity contribution in [3.05, 3.63) is 46.7 Å². The first-order valence-electron chi connectivity index (χ1n) is 5.11. The van der Waals surface area contributed by atoms with E-state index in [0.717, 1.165) is 12.8 Å². The van der Waals surface area contributed by atoms with Crippen molar-refractivity contribution in [2.75, 3.05) is 0 Å². The zero-order valence-electron chi connectivity index (χ0n) is 8.84. The molecule has 2 aromatic heterocycles. The van der Waals surface area contributed by atoms with Crippen LogP contribution in [0.5, 0.6) is 0 Å². The number of pyridine rings is 1. The van der Waals surface area contributed by atoms with Gasteiger partial charge in [-0.1, -0.05) is 6.07 Å². The van der Waals surface area contributed by atoms with Gasteiger partial charge in [-0.2, -0.15) is 0 Å². The minimum atomic E-state index is 0.227. The van der Waals surface area contributed by atoms with Crippen molar-refractivity contribution >= 4 is 11.3 Å². The van der Waals surface area contributed by atoms with Crippen LogP contribution in [0.3, 0.4) is 0 Å². The van der Waals surface area contributed by atoms with Crippen molar-refractivity contribution in [2.24, 2.45) is 5.84 Å². The lowest BCUT2D eigenvalue weighted by Crippen LogP contribution is -2.38. The van der Waals surface area contributed by atoms with E-state index in [1.807, 2.05) is 24.0 Å². The fourth-order valence-electron chi connectivity index (χ4n) is 1.58. The Hall–Kier alpha value is -1.30. The summed E-state index contributed by atoms with van der Waals surface area (Å²) in [6, 6.07) is 4.23. The summed E-state index contributed by atoms with van der Waals surface area (Å²) in [7, 11) is 0. The number of rotatable bonds is 5. The van der Waals surface area contributed by atoms with Gasteiger partial charge in [0.25, 0.3) is 0 Å². The first kappa shape index (κ1) is 11.2. The van der Waals surface area contributed by atoms with E-state index in [1.54, 1.807) is 17.5 Å². The Kier molecular flexibility index (Phi) is 3.98. The quantitative estimate of drug-likeness (QED) is 0.602. The van der Waals surface area contributed by atoms with E-state index < -0.39 is 0 Å². The molecule has 0 aliphatic carbocycles. The first-order chi connectivity index (χ1) is 7.88. The van der Waals surface area contributed by atoms with E-state index in [-0.39, 0.29) is 6.04 Å². The molecule has 5 heteroatoms. The molecule has 2 rings (SSSR count). The highest BCUT2D eigenvalue weighted by atomic mass is 32.1. The topological polar surface area (TPSA) is 63.8 Å². The van der Waals surface area contributed by atoms with E-state index in [2.05, 4.69) is 21.5 Å². The van der Waals surface area contributed by atoms with Gasteiger partial charge in [0, 0.05) is 35.9 Å². The second-order valence-electron chi connectivity index (χ2n) is 3.60. The summed E-state index contributed by atoms with van der Waals surface area (Å²) in [5.74, 6) is 5.55. The fourth-order valence-corrected chi connectivity index (χ4v) is 2.26. The maximum Gasteiger partial charge on any atom is 0.0794 e. The van der Waals surface area contributed by atoms with Crippen LogP contribution in [0, 0.1) is 0 Å². The monoisotopic (exact) mass is 234 g/mol. The van der Waals surface area contributed by atoms with Crippen molar-refractivity contribution in [1.82, 2.24) is 15.4 Å². The second kappa shape index (κ2) is 5.69. The van der Waals surface area contributed by atoms with Gasteiger partial charge in [-0.05, 0) is 18.1 Å². The number of thiazole rings is 1. The van der Waals surface area contributed by atoms with Crippen LogP contribution in [0.2, 0.25) is 0 Å². The van der Waals surface area contributed by atoms with Crippen LogP contribution in [-0.2, 0) is 12.8 Å². The predicted octanol–water partition coefficient (Wildman–Crippen LogP) is 1.16. The largest absolute Gasteiger partial charge is 0.271 e. The van der Waals surface area contributed by atoms with Crippen LogP contribution in [0.1, 0.15) is 10.4 Å². The first-order valence-corrected chi connectivity index (χ1v) is 5.99. The minimum Gasteiger partial charge on any atom is -0.271 e. The Balaban J connectivity index is 1.96. The van der Waals surface area contributed by atoms with Gasteiger partial charge in [-0.15, -0.1) is 11.3 Å². The zero-order chi connectivity index (χ0) is 11.2. The van der Waals surface area contributed by atoms with Crippen LogP contribution in [0.4, 0.5) is 0 Å². The Morgan fingerprint density at radius 2 is 2.25 bits per heavy atom. The lowest BCUT2D eigenvalue weighted by atomic mass is 10.1. The summed E-state index contributed by atoms with van der Waals surface area (Å²) in [6.45, 7) is 0. The zero-order valence-corrected chi connectivity index (χ0v) is 9.65. The lowest BCUT2D eigenvalue weighted by molar-refractivity contribution is 0.525. The van der Waals surface area contributed by atoms with Gasteiger partial charge in [0.2, 0.25) is 0 Å². The number of aromatic nitrogens is 2. The van der Waals surface area contributed by atoms with Gasteiger partial charge in [0.15, 0.2) is 0 Å². The van der Waals surface area contributed by atoms with Gasteiger partial charge in [0.1, 0.15) is 0 Å². The van der Waals surface area contributed by atoms with E-state index >= 15 is 0 Å². The molecule has 2 heterocycles. The third-order valence-corrected chi connectivity index (χ3v) is 3.17. The van der Waals surface area contributed by atoms with Gasteiger partial charge >= 0.3 is 0 Å². The molecular formula is C11H14N4S. The highest BCUT2D eigenvalue weighted by Crippen LogP contribution is 2.11. The summed E-state index contributed by atoms with van der Waals surface area (Å²) in [6.07, 6.45) is 7.31. The van der Waals surface area contributed by atoms with Crippen LogP contribution in [0.25, 0.3) is 0 Å². The van der Waals surface area contributed by atoms with E-state index in [1.165, 1.54) is 10.4 Å². The molecule has 0 saturated heterocycles. The number of hydrazine groups is 1. The number of hydrogen-bond donors (Lipinski definition) is 2. The normalized spacial score (nSPS) is 12.6. The SMILES string of the molecule is NNC(Cc1cccnc1)Cc1cncs1. The van der Waals surface area contributed by atoms with Crippen molar-refractivity contribution < 1.29 is 0 Å². The molecule has 1 atom stereocenters. The fraction of sp³-hybridized carbons (Fsp3) is 0.273. The van der Waals surface area contributed by atoms with Crippen LogP contribution < -0.4 is 11.3 Å². The highest BCUT2D eigenvalue weighted by Gasteiger charge is 2.09. The van der Waals surface area contributed by atoms with Gasteiger partial charge in [0.05, 0.1) is 5.51 Å². The summed E-state index contributed by atoms with van der Waals surface area (Å²) >= 11 is 1.65. The lowest BCUT2D eigenvalue weighted by Gasteiger charge is -2.14. The molecule has 0 aliphatic rings. The second-order valence-corrected chi connectivity index (χ2v) is 4.57. The van der Waals surface area contributed by atoms with Crippen LogP contribution in [-0.4, -0.2) is 16.0 Å². The van der Waals surface area contributed by atoms with Crippen LogP contribution >= 0.6 is 11.3 Å². The van der Waals surface area contributed by atoms with E-state index in [4.69, 9.17) is 5.84 Å². The molecule has 16 heavy (non-hydrogen) atoms. The number of hydrogen-bond acceptors (Lipinski definition) is 5. The smallest absolute Gasteiger partial charge is 0.0794 e. The Morgan fingerprint density at radius 1 is 1.31 bits per heavy atom. The van der Waals surface area contributed by atoms with E-state index in [0.29, 0.717) is 0 Å². The summed E-state index contributed by atoms with van der Waals surface area (Å²) in [5, 5.41) is 0. The average Bonchev–Trinajstić information content (AvgIpc) is 2.82. The maximum absolute atomic E-state index is 5.55. The van der Waals surface area contributed by atoms with Gasteiger partial charge < -0.3 is 0 Å². The molecule has 0 aliphatic heterocycles. The Labute approximate surface area is 98.5 Å². The molecule has 84 valence electrons.